The normalized spacial score (nSPS) is 21.7. The fourth-order valence-corrected chi connectivity index (χ4v) is 4.36. The third-order valence-electron chi connectivity index (χ3n) is 5.31. The van der Waals surface area contributed by atoms with Crippen molar-refractivity contribution < 1.29 is 9.90 Å². The van der Waals surface area contributed by atoms with E-state index in [9.17, 15) is 9.90 Å². The maximum Gasteiger partial charge on any atom is 0.407 e. The van der Waals surface area contributed by atoms with Crippen molar-refractivity contribution in [1.82, 2.24) is 19.7 Å². The number of carboxylic acid groups (broad SMARTS) is 1. The van der Waals surface area contributed by atoms with E-state index in [4.69, 9.17) is 11.6 Å². The molecule has 8 heteroatoms. The van der Waals surface area contributed by atoms with Crippen LogP contribution in [-0.4, -0.2) is 56.0 Å². The fraction of sp³-hybridized carbons (Fsp3) is 0.278. The number of amides is 1. The molecule has 2 aliphatic heterocycles. The monoisotopic (exact) mass is 369 g/mol. The Morgan fingerprint density at radius 1 is 1.19 bits per heavy atom. The lowest BCUT2D eigenvalue weighted by molar-refractivity contribution is 0.137. The van der Waals surface area contributed by atoms with Gasteiger partial charge in [0, 0.05) is 42.5 Å². The largest absolute Gasteiger partial charge is 0.465 e. The van der Waals surface area contributed by atoms with Gasteiger partial charge in [0.1, 0.15) is 0 Å². The predicted octanol–water partition coefficient (Wildman–Crippen LogP) is 3.01. The van der Waals surface area contributed by atoms with Gasteiger partial charge in [-0.3, -0.25) is 0 Å². The quantitative estimate of drug-likeness (QED) is 0.751. The first-order valence-electron chi connectivity index (χ1n) is 8.48. The van der Waals surface area contributed by atoms with Gasteiger partial charge in [0.15, 0.2) is 11.0 Å². The summed E-state index contributed by atoms with van der Waals surface area (Å²) in [6.45, 7) is 1.26. The van der Waals surface area contributed by atoms with Crippen LogP contribution in [0.2, 0.25) is 5.15 Å². The van der Waals surface area contributed by atoms with Crippen LogP contribution in [0.25, 0.3) is 16.7 Å². The number of likely N-dealkylation sites (tertiary alicyclic amines) is 1. The minimum atomic E-state index is -0.828. The number of pyridine rings is 1. The van der Waals surface area contributed by atoms with Crippen LogP contribution in [0.3, 0.4) is 0 Å². The Bertz CT molecular complexity index is 1020. The van der Waals surface area contributed by atoms with Crippen molar-refractivity contribution in [1.29, 1.82) is 0 Å². The van der Waals surface area contributed by atoms with Crippen molar-refractivity contribution in [2.24, 2.45) is 0 Å². The lowest BCUT2D eigenvalue weighted by Crippen LogP contribution is -2.48. The highest BCUT2D eigenvalue weighted by Gasteiger charge is 2.45. The number of carbonyl (C=O) groups is 1. The van der Waals surface area contributed by atoms with Gasteiger partial charge in [0.25, 0.3) is 0 Å². The van der Waals surface area contributed by atoms with E-state index in [0.717, 1.165) is 23.0 Å². The molecule has 4 heterocycles. The van der Waals surface area contributed by atoms with Crippen molar-refractivity contribution in [2.75, 3.05) is 18.0 Å². The van der Waals surface area contributed by atoms with Crippen molar-refractivity contribution in [3.05, 3.63) is 47.7 Å². The molecule has 2 fully saturated rings. The summed E-state index contributed by atoms with van der Waals surface area (Å²) in [6, 6.07) is 12.0. The molecule has 1 N–H and O–H groups in total. The first kappa shape index (κ1) is 15.5. The number of hydrogen-bond donors (Lipinski definition) is 1. The molecular formula is C18H16ClN5O2. The van der Waals surface area contributed by atoms with E-state index in [1.54, 1.807) is 15.8 Å². The SMILES string of the molecule is O=C(O)N1C[C@@H]2C[C@H]1CN2c1ccnc(-n2nc(Cl)c3ccccc32)c1. The molecule has 2 saturated heterocycles. The number of benzene rings is 1. The first-order valence-corrected chi connectivity index (χ1v) is 8.85. The Balaban J connectivity index is 1.50. The average Bonchev–Trinajstić information content (AvgIpc) is 3.35. The van der Waals surface area contributed by atoms with Gasteiger partial charge >= 0.3 is 6.09 Å². The zero-order valence-corrected chi connectivity index (χ0v) is 14.5. The van der Waals surface area contributed by atoms with E-state index < -0.39 is 6.09 Å². The molecule has 0 unspecified atom stereocenters. The van der Waals surface area contributed by atoms with Gasteiger partial charge in [-0.15, -0.1) is 0 Å². The van der Waals surface area contributed by atoms with E-state index in [-0.39, 0.29) is 12.1 Å². The maximum absolute atomic E-state index is 11.3. The van der Waals surface area contributed by atoms with Crippen LogP contribution in [0.5, 0.6) is 0 Å². The highest BCUT2D eigenvalue weighted by atomic mass is 35.5. The summed E-state index contributed by atoms with van der Waals surface area (Å²) in [4.78, 5) is 19.5. The van der Waals surface area contributed by atoms with Crippen LogP contribution >= 0.6 is 11.6 Å². The second kappa shape index (κ2) is 5.60. The average molecular weight is 370 g/mol. The highest BCUT2D eigenvalue weighted by Crippen LogP contribution is 2.35. The van der Waals surface area contributed by atoms with Crippen LogP contribution in [0, 0.1) is 0 Å². The topological polar surface area (TPSA) is 74.5 Å². The summed E-state index contributed by atoms with van der Waals surface area (Å²) < 4.78 is 1.75. The molecule has 2 aromatic heterocycles. The third-order valence-corrected chi connectivity index (χ3v) is 5.59. The predicted molar refractivity (Wildman–Crippen MR) is 98.1 cm³/mol. The van der Waals surface area contributed by atoms with Crippen molar-refractivity contribution in [3.8, 4) is 5.82 Å². The Kier molecular flexibility index (Phi) is 3.33. The van der Waals surface area contributed by atoms with Crippen LogP contribution in [-0.2, 0) is 0 Å². The molecule has 1 amide bonds. The second-order valence-electron chi connectivity index (χ2n) is 6.72. The van der Waals surface area contributed by atoms with Crippen molar-refractivity contribution in [2.45, 2.75) is 18.5 Å². The molecule has 0 aliphatic carbocycles. The zero-order chi connectivity index (χ0) is 17.8. The number of rotatable bonds is 2. The van der Waals surface area contributed by atoms with E-state index >= 15 is 0 Å². The number of hydrogen-bond acceptors (Lipinski definition) is 4. The molecule has 132 valence electrons. The summed E-state index contributed by atoms with van der Waals surface area (Å²) in [6.07, 6.45) is 1.81. The number of fused-ring (bicyclic) bond motifs is 3. The summed E-state index contributed by atoms with van der Waals surface area (Å²) in [7, 11) is 0. The van der Waals surface area contributed by atoms with Gasteiger partial charge in [0.05, 0.1) is 11.6 Å². The van der Waals surface area contributed by atoms with Crippen molar-refractivity contribution >= 4 is 34.3 Å². The molecule has 0 saturated carbocycles. The fourth-order valence-electron chi connectivity index (χ4n) is 4.12. The number of halogens is 1. The Hall–Kier alpha value is -2.80. The molecule has 3 aromatic rings. The van der Waals surface area contributed by atoms with E-state index in [0.29, 0.717) is 24.1 Å². The minimum Gasteiger partial charge on any atom is -0.465 e. The number of para-hydroxylation sites is 1. The maximum atomic E-state index is 11.3. The molecule has 2 aliphatic rings. The lowest BCUT2D eigenvalue weighted by atomic mass is 10.2. The smallest absolute Gasteiger partial charge is 0.407 e. The molecule has 0 radical (unpaired) electrons. The Morgan fingerprint density at radius 2 is 2.04 bits per heavy atom. The van der Waals surface area contributed by atoms with E-state index in [1.165, 1.54) is 0 Å². The molecule has 2 atom stereocenters. The van der Waals surface area contributed by atoms with Gasteiger partial charge in [0.2, 0.25) is 0 Å². The van der Waals surface area contributed by atoms with Gasteiger partial charge in [-0.05, 0) is 24.6 Å². The molecule has 1 aromatic carbocycles. The summed E-state index contributed by atoms with van der Waals surface area (Å²) in [5.74, 6) is 0.698. The second-order valence-corrected chi connectivity index (χ2v) is 7.08. The summed E-state index contributed by atoms with van der Waals surface area (Å²) >= 11 is 6.26. The van der Waals surface area contributed by atoms with Gasteiger partial charge in [-0.1, -0.05) is 23.7 Å². The third kappa shape index (κ3) is 2.24. The van der Waals surface area contributed by atoms with Gasteiger partial charge < -0.3 is 14.9 Å². The number of aromatic nitrogens is 3. The number of nitrogens with zero attached hydrogens (tertiary/aromatic N) is 5. The van der Waals surface area contributed by atoms with Gasteiger partial charge in [-0.2, -0.15) is 5.10 Å². The highest BCUT2D eigenvalue weighted by molar-refractivity contribution is 6.34. The van der Waals surface area contributed by atoms with Crippen LogP contribution in [0.15, 0.2) is 42.6 Å². The van der Waals surface area contributed by atoms with Crippen LogP contribution < -0.4 is 4.90 Å². The lowest BCUT2D eigenvalue weighted by Gasteiger charge is -2.34. The molecule has 7 nitrogen and oxygen atoms in total. The number of anilines is 1. The first-order chi connectivity index (χ1) is 12.6. The number of piperazine rings is 1. The molecule has 5 rings (SSSR count). The molecule has 26 heavy (non-hydrogen) atoms. The Morgan fingerprint density at radius 3 is 2.81 bits per heavy atom. The summed E-state index contributed by atoms with van der Waals surface area (Å²) in [5.41, 5.74) is 1.94. The van der Waals surface area contributed by atoms with Crippen LogP contribution in [0.1, 0.15) is 6.42 Å². The van der Waals surface area contributed by atoms with E-state index in [1.807, 2.05) is 36.4 Å². The molecular weight excluding hydrogens is 354 g/mol. The van der Waals surface area contributed by atoms with E-state index in [2.05, 4.69) is 15.0 Å². The zero-order valence-electron chi connectivity index (χ0n) is 13.8. The van der Waals surface area contributed by atoms with Crippen molar-refractivity contribution in [3.63, 3.8) is 0 Å². The summed E-state index contributed by atoms with van der Waals surface area (Å²) in [5, 5.41) is 15.0. The Labute approximate surface area is 154 Å². The van der Waals surface area contributed by atoms with Crippen LogP contribution in [0.4, 0.5) is 10.5 Å². The minimum absolute atomic E-state index is 0.0640. The molecule has 2 bridgehead atoms. The molecule has 0 spiro atoms. The standard InChI is InChI=1S/C18H16ClN5O2/c19-17-14-3-1-2-4-15(14)24(21-17)16-8-11(5-6-20-16)22-9-13-7-12(22)10-23(13)18(25)26/h1-6,8,12-13H,7,9-10H2,(H,25,26)/t12-,13-/m0/s1. The van der Waals surface area contributed by atoms with Gasteiger partial charge in [-0.25, -0.2) is 14.5 Å².